The van der Waals surface area contributed by atoms with Crippen LogP contribution in [-0.2, 0) is 9.53 Å². The van der Waals surface area contributed by atoms with Crippen molar-refractivity contribution in [2.24, 2.45) is 5.92 Å². The molecule has 0 radical (unpaired) electrons. The van der Waals surface area contributed by atoms with Crippen LogP contribution in [0.5, 0.6) is 0 Å². The first-order chi connectivity index (χ1) is 13.2. The molecule has 0 bridgehead atoms. The fourth-order valence-corrected chi connectivity index (χ4v) is 3.01. The zero-order valence-electron chi connectivity index (χ0n) is 15.8. The lowest BCUT2D eigenvalue weighted by molar-refractivity contribution is -0.175. The van der Waals surface area contributed by atoms with Crippen molar-refractivity contribution in [2.75, 3.05) is 38.2 Å². The van der Waals surface area contributed by atoms with Crippen LogP contribution in [0.3, 0.4) is 0 Å². The standard InChI is InChI=1S/C19H26F3N3O3/c1-14-4-6-16(7-5-14)24-18(27)23-11-15-3-2-9-25(12-15)17(26)8-10-28-13-19(20,21)22/h4-7,15H,2-3,8-13H2,1H3,(H2,23,24,27). The fraction of sp³-hybridized carbons (Fsp3) is 0.579. The van der Waals surface area contributed by atoms with E-state index in [9.17, 15) is 22.8 Å². The Morgan fingerprint density at radius 3 is 2.64 bits per heavy atom. The Balaban J connectivity index is 1.68. The maximum absolute atomic E-state index is 12.1. The minimum atomic E-state index is -4.38. The Hall–Kier alpha value is -2.29. The van der Waals surface area contributed by atoms with Gasteiger partial charge in [0.2, 0.25) is 5.91 Å². The van der Waals surface area contributed by atoms with Gasteiger partial charge < -0.3 is 20.3 Å². The highest BCUT2D eigenvalue weighted by Gasteiger charge is 2.28. The summed E-state index contributed by atoms with van der Waals surface area (Å²) in [5, 5.41) is 5.56. The van der Waals surface area contributed by atoms with Crippen LogP contribution in [0.4, 0.5) is 23.7 Å². The molecule has 9 heteroatoms. The number of alkyl halides is 3. The average molecular weight is 401 g/mol. The van der Waals surface area contributed by atoms with E-state index in [1.165, 1.54) is 0 Å². The predicted octanol–water partition coefficient (Wildman–Crippen LogP) is 3.32. The van der Waals surface area contributed by atoms with Gasteiger partial charge in [0.25, 0.3) is 0 Å². The normalized spacial score (nSPS) is 17.3. The van der Waals surface area contributed by atoms with Gasteiger partial charge >= 0.3 is 12.2 Å². The third-order valence-corrected chi connectivity index (χ3v) is 4.46. The van der Waals surface area contributed by atoms with E-state index < -0.39 is 12.8 Å². The van der Waals surface area contributed by atoms with Crippen LogP contribution in [0, 0.1) is 12.8 Å². The number of carbonyl (C=O) groups excluding carboxylic acids is 2. The Labute approximate surface area is 162 Å². The smallest absolute Gasteiger partial charge is 0.372 e. The zero-order chi connectivity index (χ0) is 20.6. The van der Waals surface area contributed by atoms with Crippen molar-refractivity contribution in [3.63, 3.8) is 0 Å². The first kappa shape index (κ1) is 22.0. The number of rotatable bonds is 7. The fourth-order valence-electron chi connectivity index (χ4n) is 3.01. The zero-order valence-corrected chi connectivity index (χ0v) is 15.8. The van der Waals surface area contributed by atoms with Crippen LogP contribution in [0.2, 0.25) is 0 Å². The SMILES string of the molecule is Cc1ccc(NC(=O)NCC2CCCN(C(=O)CCOCC(F)(F)F)C2)cc1. The van der Waals surface area contributed by atoms with Gasteiger partial charge in [0.15, 0.2) is 0 Å². The van der Waals surface area contributed by atoms with Crippen molar-refractivity contribution in [3.05, 3.63) is 29.8 Å². The van der Waals surface area contributed by atoms with Crippen molar-refractivity contribution < 1.29 is 27.5 Å². The average Bonchev–Trinajstić information content (AvgIpc) is 2.65. The first-order valence-electron chi connectivity index (χ1n) is 9.27. The summed E-state index contributed by atoms with van der Waals surface area (Å²) in [6.07, 6.45) is -2.80. The van der Waals surface area contributed by atoms with Gasteiger partial charge in [-0.15, -0.1) is 0 Å². The van der Waals surface area contributed by atoms with Crippen LogP contribution in [0.1, 0.15) is 24.8 Å². The number of halogens is 3. The second-order valence-electron chi connectivity index (χ2n) is 6.97. The van der Waals surface area contributed by atoms with Crippen LogP contribution in [0.25, 0.3) is 0 Å². The second-order valence-corrected chi connectivity index (χ2v) is 6.97. The maximum Gasteiger partial charge on any atom is 0.411 e. The molecular formula is C19H26F3N3O3. The third kappa shape index (κ3) is 8.16. The highest BCUT2D eigenvalue weighted by molar-refractivity contribution is 5.89. The molecule has 0 spiro atoms. The van der Waals surface area contributed by atoms with Gasteiger partial charge in [0, 0.05) is 25.3 Å². The lowest BCUT2D eigenvalue weighted by Crippen LogP contribution is -2.44. The molecule has 6 nitrogen and oxygen atoms in total. The highest BCUT2D eigenvalue weighted by atomic mass is 19.4. The highest BCUT2D eigenvalue weighted by Crippen LogP contribution is 2.18. The summed E-state index contributed by atoms with van der Waals surface area (Å²) in [6, 6.07) is 7.12. The van der Waals surface area contributed by atoms with Gasteiger partial charge in [0.05, 0.1) is 13.0 Å². The predicted molar refractivity (Wildman–Crippen MR) is 99.0 cm³/mol. The van der Waals surface area contributed by atoms with Crippen molar-refractivity contribution in [3.8, 4) is 0 Å². The summed E-state index contributed by atoms with van der Waals surface area (Å²) in [7, 11) is 0. The van der Waals surface area contributed by atoms with E-state index in [-0.39, 0.29) is 30.9 Å². The topological polar surface area (TPSA) is 70.7 Å². The van der Waals surface area contributed by atoms with Crippen molar-refractivity contribution in [1.29, 1.82) is 0 Å². The summed E-state index contributed by atoms with van der Waals surface area (Å²) in [5.41, 5.74) is 1.80. The number of nitrogens with zero attached hydrogens (tertiary/aromatic N) is 1. The number of carbonyl (C=O) groups is 2. The molecule has 0 saturated carbocycles. The molecular weight excluding hydrogens is 375 g/mol. The summed E-state index contributed by atoms with van der Waals surface area (Å²) >= 11 is 0. The first-order valence-corrected chi connectivity index (χ1v) is 9.27. The lowest BCUT2D eigenvalue weighted by Gasteiger charge is -2.33. The number of anilines is 1. The van der Waals surface area contributed by atoms with Crippen molar-refractivity contribution >= 4 is 17.6 Å². The number of piperidine rings is 1. The van der Waals surface area contributed by atoms with Crippen LogP contribution < -0.4 is 10.6 Å². The molecule has 2 N–H and O–H groups in total. The number of amides is 3. The van der Waals surface area contributed by atoms with E-state index >= 15 is 0 Å². The molecule has 1 aromatic carbocycles. The van der Waals surface area contributed by atoms with Crippen molar-refractivity contribution in [2.45, 2.75) is 32.4 Å². The minimum Gasteiger partial charge on any atom is -0.372 e. The maximum atomic E-state index is 12.1. The Morgan fingerprint density at radius 1 is 1.25 bits per heavy atom. The monoisotopic (exact) mass is 401 g/mol. The molecule has 1 aromatic rings. The van der Waals surface area contributed by atoms with Gasteiger partial charge in [-0.05, 0) is 37.8 Å². The quantitative estimate of drug-likeness (QED) is 0.689. The molecule has 2 rings (SSSR count). The van der Waals surface area contributed by atoms with E-state index in [2.05, 4.69) is 15.4 Å². The van der Waals surface area contributed by atoms with Gasteiger partial charge in [-0.2, -0.15) is 13.2 Å². The van der Waals surface area contributed by atoms with Gasteiger partial charge in [-0.25, -0.2) is 4.79 Å². The molecule has 1 fully saturated rings. The van der Waals surface area contributed by atoms with Crippen LogP contribution >= 0.6 is 0 Å². The van der Waals surface area contributed by atoms with E-state index in [1.807, 2.05) is 31.2 Å². The van der Waals surface area contributed by atoms with E-state index in [4.69, 9.17) is 0 Å². The van der Waals surface area contributed by atoms with Gasteiger partial charge in [-0.3, -0.25) is 4.79 Å². The second kappa shape index (κ2) is 10.3. The number of likely N-dealkylation sites (tertiary alicyclic amines) is 1. The number of urea groups is 1. The molecule has 1 aliphatic heterocycles. The molecule has 1 saturated heterocycles. The van der Waals surface area contributed by atoms with E-state index in [0.717, 1.165) is 18.4 Å². The molecule has 156 valence electrons. The Bertz CT molecular complexity index is 650. The largest absolute Gasteiger partial charge is 0.411 e. The van der Waals surface area contributed by atoms with E-state index in [0.29, 0.717) is 25.3 Å². The minimum absolute atomic E-state index is 0.0792. The summed E-state index contributed by atoms with van der Waals surface area (Å²) in [4.78, 5) is 25.8. The Kier molecular flexibility index (Phi) is 8.10. The summed E-state index contributed by atoms with van der Waals surface area (Å²) in [6.45, 7) is 1.83. The number of ether oxygens (including phenoxy) is 1. The summed E-state index contributed by atoms with van der Waals surface area (Å²) in [5.74, 6) is -0.117. The molecule has 0 aliphatic carbocycles. The molecule has 0 aromatic heterocycles. The van der Waals surface area contributed by atoms with Crippen LogP contribution in [-0.4, -0.2) is 55.9 Å². The molecule has 1 atom stereocenters. The number of hydrogen-bond donors (Lipinski definition) is 2. The summed E-state index contributed by atoms with van der Waals surface area (Å²) < 4.78 is 40.6. The number of benzene rings is 1. The molecule has 28 heavy (non-hydrogen) atoms. The number of hydrogen-bond acceptors (Lipinski definition) is 3. The lowest BCUT2D eigenvalue weighted by atomic mass is 9.98. The molecule has 1 heterocycles. The van der Waals surface area contributed by atoms with Gasteiger partial charge in [-0.1, -0.05) is 17.7 Å². The van der Waals surface area contributed by atoms with E-state index in [1.54, 1.807) is 4.90 Å². The Morgan fingerprint density at radius 2 is 1.96 bits per heavy atom. The molecule has 1 unspecified atom stereocenters. The number of aryl methyl sites for hydroxylation is 1. The van der Waals surface area contributed by atoms with Gasteiger partial charge in [0.1, 0.15) is 6.61 Å². The molecule has 1 aliphatic rings. The third-order valence-electron chi connectivity index (χ3n) is 4.46. The van der Waals surface area contributed by atoms with Crippen molar-refractivity contribution in [1.82, 2.24) is 10.2 Å². The van der Waals surface area contributed by atoms with Crippen LogP contribution in [0.15, 0.2) is 24.3 Å². The molecule has 3 amide bonds. The number of nitrogens with one attached hydrogen (secondary N) is 2.